The van der Waals surface area contributed by atoms with Crippen LogP contribution in [0.4, 0.5) is 5.95 Å². The van der Waals surface area contributed by atoms with Gasteiger partial charge in [-0.2, -0.15) is 5.26 Å². The van der Waals surface area contributed by atoms with Crippen molar-refractivity contribution in [1.82, 2.24) is 14.9 Å². The van der Waals surface area contributed by atoms with E-state index in [0.717, 1.165) is 37.1 Å². The van der Waals surface area contributed by atoms with E-state index in [9.17, 15) is 4.79 Å². The molecule has 1 amide bonds. The van der Waals surface area contributed by atoms with Gasteiger partial charge in [-0.1, -0.05) is 42.5 Å². The van der Waals surface area contributed by atoms with Gasteiger partial charge in [-0.25, -0.2) is 9.97 Å². The summed E-state index contributed by atoms with van der Waals surface area (Å²) >= 11 is 0. The van der Waals surface area contributed by atoms with E-state index in [4.69, 9.17) is 10.2 Å². The van der Waals surface area contributed by atoms with Gasteiger partial charge in [-0.05, 0) is 44.4 Å². The number of rotatable bonds is 6. The summed E-state index contributed by atoms with van der Waals surface area (Å²) in [4.78, 5) is 27.1. The molecule has 1 aromatic heterocycles. The number of aromatic nitrogens is 2. The maximum Gasteiger partial charge on any atom is 0.258 e. The summed E-state index contributed by atoms with van der Waals surface area (Å²) in [5, 5.41) is 9.16. The first-order chi connectivity index (χ1) is 15.6. The van der Waals surface area contributed by atoms with E-state index < -0.39 is 0 Å². The molecule has 162 valence electrons. The lowest BCUT2D eigenvalue weighted by atomic mass is 10.0. The van der Waals surface area contributed by atoms with Gasteiger partial charge in [-0.3, -0.25) is 4.79 Å². The van der Waals surface area contributed by atoms with Crippen molar-refractivity contribution in [3.8, 4) is 17.3 Å². The SMILES string of the molecule is CC(C)N(Cc1ccccc1)C(=O)c1cnc(N2CCCC2)nc1-c1ccc(C#N)cc1. The summed E-state index contributed by atoms with van der Waals surface area (Å²) in [5.41, 5.74) is 3.53. The molecule has 0 unspecified atom stereocenters. The molecule has 6 nitrogen and oxygen atoms in total. The van der Waals surface area contributed by atoms with Crippen molar-refractivity contribution in [3.63, 3.8) is 0 Å². The molecule has 0 saturated carbocycles. The van der Waals surface area contributed by atoms with E-state index in [-0.39, 0.29) is 11.9 Å². The fraction of sp³-hybridized carbons (Fsp3) is 0.308. The molecule has 0 spiro atoms. The number of amides is 1. The minimum atomic E-state index is -0.101. The van der Waals surface area contributed by atoms with Gasteiger partial charge in [0.25, 0.3) is 5.91 Å². The molecule has 6 heteroatoms. The standard InChI is InChI=1S/C26H27N5O/c1-19(2)31(18-21-8-4-3-5-9-21)25(32)23-17-28-26(30-14-6-7-15-30)29-24(23)22-12-10-20(16-27)11-13-22/h3-5,8-13,17,19H,6-7,14-15,18H2,1-2H3. The predicted molar refractivity (Wildman–Crippen MR) is 125 cm³/mol. The predicted octanol–water partition coefficient (Wildman–Crippen LogP) is 4.67. The highest BCUT2D eigenvalue weighted by atomic mass is 16.2. The number of nitrogens with zero attached hydrogens (tertiary/aromatic N) is 5. The maximum atomic E-state index is 13.7. The van der Waals surface area contributed by atoms with Crippen LogP contribution in [0.25, 0.3) is 11.3 Å². The lowest BCUT2D eigenvalue weighted by Gasteiger charge is -2.28. The van der Waals surface area contributed by atoms with Gasteiger partial charge in [0.15, 0.2) is 0 Å². The molecular weight excluding hydrogens is 398 g/mol. The molecule has 1 aliphatic heterocycles. The van der Waals surface area contributed by atoms with Crippen molar-refractivity contribution in [2.75, 3.05) is 18.0 Å². The van der Waals surface area contributed by atoms with Gasteiger partial charge in [0.2, 0.25) is 5.95 Å². The summed E-state index contributed by atoms with van der Waals surface area (Å²) < 4.78 is 0. The van der Waals surface area contributed by atoms with Gasteiger partial charge >= 0.3 is 0 Å². The van der Waals surface area contributed by atoms with Gasteiger partial charge in [-0.15, -0.1) is 0 Å². The fourth-order valence-electron chi connectivity index (χ4n) is 3.94. The minimum Gasteiger partial charge on any atom is -0.341 e. The third-order valence-corrected chi connectivity index (χ3v) is 5.76. The van der Waals surface area contributed by atoms with Crippen molar-refractivity contribution in [1.29, 1.82) is 5.26 Å². The third kappa shape index (κ3) is 4.62. The van der Waals surface area contributed by atoms with Crippen LogP contribution in [0.3, 0.4) is 0 Å². The van der Waals surface area contributed by atoms with Crippen molar-refractivity contribution in [2.45, 2.75) is 39.3 Å². The number of hydrogen-bond acceptors (Lipinski definition) is 5. The van der Waals surface area contributed by atoms with Crippen molar-refractivity contribution >= 4 is 11.9 Å². The van der Waals surface area contributed by atoms with Crippen LogP contribution in [0.2, 0.25) is 0 Å². The Bertz CT molecular complexity index is 1110. The van der Waals surface area contributed by atoms with Gasteiger partial charge < -0.3 is 9.80 Å². The Labute approximate surface area is 189 Å². The molecule has 1 fully saturated rings. The zero-order valence-corrected chi connectivity index (χ0v) is 18.5. The number of carbonyl (C=O) groups excluding carboxylic acids is 1. The van der Waals surface area contributed by atoms with Crippen LogP contribution in [0.1, 0.15) is 48.2 Å². The second kappa shape index (κ2) is 9.61. The minimum absolute atomic E-state index is 0.00906. The van der Waals surface area contributed by atoms with Crippen LogP contribution < -0.4 is 4.90 Å². The first-order valence-electron chi connectivity index (χ1n) is 11.0. The van der Waals surface area contributed by atoms with E-state index in [1.807, 2.05) is 61.2 Å². The molecule has 1 aliphatic rings. The van der Waals surface area contributed by atoms with E-state index >= 15 is 0 Å². The smallest absolute Gasteiger partial charge is 0.258 e. The molecule has 2 heterocycles. The maximum absolute atomic E-state index is 13.7. The highest BCUT2D eigenvalue weighted by Crippen LogP contribution is 2.27. The molecule has 0 N–H and O–H groups in total. The lowest BCUT2D eigenvalue weighted by molar-refractivity contribution is 0.0690. The molecule has 0 atom stereocenters. The second-order valence-corrected chi connectivity index (χ2v) is 8.33. The van der Waals surface area contributed by atoms with Crippen LogP contribution in [0, 0.1) is 11.3 Å². The van der Waals surface area contributed by atoms with E-state index in [1.165, 1.54) is 0 Å². The number of carbonyl (C=O) groups is 1. The summed E-state index contributed by atoms with van der Waals surface area (Å²) in [7, 11) is 0. The molecule has 0 radical (unpaired) electrons. The zero-order valence-electron chi connectivity index (χ0n) is 18.5. The monoisotopic (exact) mass is 425 g/mol. The number of anilines is 1. The Kier molecular flexibility index (Phi) is 6.46. The summed E-state index contributed by atoms with van der Waals surface area (Å²) in [6, 6.07) is 19.3. The molecule has 2 aromatic carbocycles. The van der Waals surface area contributed by atoms with Gasteiger partial charge in [0.05, 0.1) is 22.9 Å². The van der Waals surface area contributed by atoms with Crippen LogP contribution >= 0.6 is 0 Å². The highest BCUT2D eigenvalue weighted by Gasteiger charge is 2.25. The molecule has 4 rings (SSSR count). The third-order valence-electron chi connectivity index (χ3n) is 5.76. The molecular formula is C26H27N5O. The van der Waals surface area contributed by atoms with E-state index in [0.29, 0.717) is 29.3 Å². The zero-order chi connectivity index (χ0) is 22.5. The molecule has 3 aromatic rings. The van der Waals surface area contributed by atoms with Crippen LogP contribution in [0.5, 0.6) is 0 Å². The number of nitriles is 1. The number of benzene rings is 2. The Morgan fingerprint density at radius 2 is 1.78 bits per heavy atom. The van der Waals surface area contributed by atoms with E-state index in [1.54, 1.807) is 18.3 Å². The summed E-state index contributed by atoms with van der Waals surface area (Å²) in [5.74, 6) is 0.550. The van der Waals surface area contributed by atoms with Gasteiger partial charge in [0, 0.05) is 37.4 Å². The Hall–Kier alpha value is -3.72. The number of hydrogen-bond donors (Lipinski definition) is 0. The first-order valence-corrected chi connectivity index (χ1v) is 11.0. The normalized spacial score (nSPS) is 13.2. The average Bonchev–Trinajstić information content (AvgIpc) is 3.37. The van der Waals surface area contributed by atoms with Crippen molar-refractivity contribution < 1.29 is 4.79 Å². The molecule has 32 heavy (non-hydrogen) atoms. The molecule has 1 saturated heterocycles. The van der Waals surface area contributed by atoms with Crippen molar-refractivity contribution in [3.05, 3.63) is 77.5 Å². The lowest BCUT2D eigenvalue weighted by Crippen LogP contribution is -2.37. The van der Waals surface area contributed by atoms with Gasteiger partial charge in [0.1, 0.15) is 0 Å². The Balaban J connectivity index is 1.75. The topological polar surface area (TPSA) is 73.1 Å². The van der Waals surface area contributed by atoms with Crippen molar-refractivity contribution in [2.24, 2.45) is 0 Å². The highest BCUT2D eigenvalue weighted by molar-refractivity contribution is 6.00. The quantitative estimate of drug-likeness (QED) is 0.574. The van der Waals surface area contributed by atoms with Crippen LogP contribution in [-0.2, 0) is 6.54 Å². The first kappa shape index (κ1) is 21.5. The van der Waals surface area contributed by atoms with Crippen LogP contribution in [0.15, 0.2) is 60.8 Å². The Morgan fingerprint density at radius 3 is 2.41 bits per heavy atom. The van der Waals surface area contributed by atoms with E-state index in [2.05, 4.69) is 16.0 Å². The van der Waals surface area contributed by atoms with Crippen LogP contribution in [-0.4, -0.2) is 39.9 Å². The summed E-state index contributed by atoms with van der Waals surface area (Å²) in [6.45, 7) is 6.39. The summed E-state index contributed by atoms with van der Waals surface area (Å²) in [6.07, 6.45) is 3.90. The molecule has 0 bridgehead atoms. The fourth-order valence-corrected chi connectivity index (χ4v) is 3.94. The average molecular weight is 426 g/mol. The largest absolute Gasteiger partial charge is 0.341 e. The molecule has 0 aliphatic carbocycles. The Morgan fingerprint density at radius 1 is 1.09 bits per heavy atom. The second-order valence-electron chi connectivity index (χ2n) is 8.33.